The molecule has 8 heteroatoms. The number of alkyl halides is 3. The summed E-state index contributed by atoms with van der Waals surface area (Å²) in [6, 6.07) is 0. The summed E-state index contributed by atoms with van der Waals surface area (Å²) in [4.78, 5) is 29.2. The summed E-state index contributed by atoms with van der Waals surface area (Å²) in [5, 5.41) is -0.177. The summed E-state index contributed by atoms with van der Waals surface area (Å²) in [5.74, 6) is 0.929. The van der Waals surface area contributed by atoms with Gasteiger partial charge in [-0.2, -0.15) is 0 Å². The van der Waals surface area contributed by atoms with Crippen molar-refractivity contribution < 1.29 is 19.1 Å². The van der Waals surface area contributed by atoms with Gasteiger partial charge in [0.15, 0.2) is 9.71 Å². The van der Waals surface area contributed by atoms with Crippen molar-refractivity contribution in [2.45, 2.75) is 44.5 Å². The molecule has 0 aromatic heterocycles. The van der Waals surface area contributed by atoms with Gasteiger partial charge in [-0.1, -0.05) is 0 Å². The highest BCUT2D eigenvalue weighted by Gasteiger charge is 2.05. The molecular weight excluding hydrogens is 439 g/mol. The Balaban J connectivity index is -0.000000246. The number of halogens is 4. The molecule has 4 nitrogen and oxygen atoms in total. The van der Waals surface area contributed by atoms with Gasteiger partial charge in [0.2, 0.25) is 0 Å². The summed E-state index contributed by atoms with van der Waals surface area (Å²) < 4.78 is 4.75. The molecule has 120 valence electrons. The van der Waals surface area contributed by atoms with Gasteiger partial charge in [0.1, 0.15) is 6.29 Å². The van der Waals surface area contributed by atoms with E-state index in [0.717, 1.165) is 25.5 Å². The molecule has 1 atom stereocenters. The van der Waals surface area contributed by atoms with Crippen LogP contribution < -0.4 is 0 Å². The zero-order valence-electron chi connectivity index (χ0n) is 11.5. The third-order valence-corrected chi connectivity index (χ3v) is 2.49. The summed E-state index contributed by atoms with van der Waals surface area (Å²) in [5.41, 5.74) is 0. The number of carbonyl (C=O) groups excluding carboxylic acids is 3. The Morgan fingerprint density at radius 2 is 1.65 bits per heavy atom. The molecule has 0 rings (SSSR count). The van der Waals surface area contributed by atoms with E-state index in [2.05, 4.69) is 31.9 Å². The molecule has 0 saturated heterocycles. The first-order valence-corrected chi connectivity index (χ1v) is 8.62. The minimum absolute atomic E-state index is 0.0208. The van der Waals surface area contributed by atoms with Gasteiger partial charge in [0, 0.05) is 32.0 Å². The number of hydrogen-bond donors (Lipinski definition) is 0. The van der Waals surface area contributed by atoms with Crippen LogP contribution in [0.25, 0.3) is 0 Å². The van der Waals surface area contributed by atoms with Crippen LogP contribution in [0.2, 0.25) is 0 Å². The fraction of sp³-hybridized carbons (Fsp3) is 0.750. The summed E-state index contributed by atoms with van der Waals surface area (Å²) in [7, 11) is 0. The monoisotopic (exact) mass is 456 g/mol. The normalized spacial score (nSPS) is 10.1. The van der Waals surface area contributed by atoms with E-state index in [1.807, 2.05) is 0 Å². The van der Waals surface area contributed by atoms with Crippen LogP contribution in [0.1, 0.15) is 39.5 Å². The maximum Gasteiger partial charge on any atom is 0.303 e. The van der Waals surface area contributed by atoms with Crippen LogP contribution >= 0.6 is 55.1 Å². The van der Waals surface area contributed by atoms with Crippen LogP contribution in [-0.2, 0) is 19.1 Å². The van der Waals surface area contributed by atoms with E-state index in [-0.39, 0.29) is 15.7 Å². The molecule has 0 saturated carbocycles. The predicted molar refractivity (Wildman–Crippen MR) is 90.1 cm³/mol. The van der Waals surface area contributed by atoms with Crippen LogP contribution in [0, 0.1) is 0 Å². The highest BCUT2D eigenvalue weighted by atomic mass is 79.9. The topological polar surface area (TPSA) is 60.4 Å². The molecule has 1 unspecified atom stereocenters. The van der Waals surface area contributed by atoms with Crippen molar-refractivity contribution in [3.63, 3.8) is 0 Å². The molecule has 0 radical (unpaired) electrons. The molecule has 0 fully saturated rings. The van der Waals surface area contributed by atoms with Crippen LogP contribution in [0.15, 0.2) is 0 Å². The highest BCUT2D eigenvalue weighted by Crippen LogP contribution is 2.10. The van der Waals surface area contributed by atoms with Gasteiger partial charge in [0.25, 0.3) is 0 Å². The number of hydrogen-bond acceptors (Lipinski definition) is 4. The standard InChI is InChI=1S/C6H10BrClO2.C4H7ClO.C2H3BrO/c1-5(9)10-6(7)3-2-4-8;5-3-1-2-4-6;1-2(3)4/h6H,2-4H2,1H3;4H,1-3H2;1H3. The lowest BCUT2D eigenvalue weighted by atomic mass is 10.4. The van der Waals surface area contributed by atoms with E-state index in [0.29, 0.717) is 18.2 Å². The molecule has 0 spiro atoms. The third-order valence-electron chi connectivity index (χ3n) is 1.31. The zero-order valence-corrected chi connectivity index (χ0v) is 16.2. The first-order valence-electron chi connectivity index (χ1n) is 5.84. The first kappa shape index (κ1) is 25.3. The number of ether oxygens (including phenoxy) is 1. The molecule has 0 heterocycles. The van der Waals surface area contributed by atoms with E-state index in [9.17, 15) is 14.4 Å². The number of rotatable bonds is 7. The zero-order chi connectivity index (χ0) is 16.4. The second kappa shape index (κ2) is 21.6. The summed E-state index contributed by atoms with van der Waals surface area (Å²) >= 11 is 16.5. The van der Waals surface area contributed by atoms with Crippen molar-refractivity contribution in [2.24, 2.45) is 0 Å². The predicted octanol–water partition coefficient (Wildman–Crippen LogP) is 4.42. The lowest BCUT2D eigenvalue weighted by molar-refractivity contribution is -0.142. The van der Waals surface area contributed by atoms with Crippen LogP contribution in [-0.4, -0.2) is 33.7 Å². The van der Waals surface area contributed by atoms with Crippen molar-refractivity contribution >= 4 is 72.0 Å². The minimum atomic E-state index is -0.267. The maximum atomic E-state index is 10.3. The van der Waals surface area contributed by atoms with E-state index >= 15 is 0 Å². The Bertz CT molecular complexity index is 250. The Morgan fingerprint density at radius 3 is 1.90 bits per heavy atom. The highest BCUT2D eigenvalue weighted by molar-refractivity contribution is 9.18. The summed E-state index contributed by atoms with van der Waals surface area (Å²) in [6.07, 6.45) is 3.91. The smallest absolute Gasteiger partial charge is 0.303 e. The van der Waals surface area contributed by atoms with E-state index < -0.39 is 0 Å². The quantitative estimate of drug-likeness (QED) is 0.186. The van der Waals surface area contributed by atoms with Gasteiger partial charge in [-0.25, -0.2) is 0 Å². The number of unbranched alkanes of at least 4 members (excludes halogenated alkanes) is 1. The van der Waals surface area contributed by atoms with Gasteiger partial charge in [-0.15, -0.1) is 23.2 Å². The van der Waals surface area contributed by atoms with Crippen molar-refractivity contribution in [3.8, 4) is 0 Å². The molecule has 0 N–H and O–H groups in total. The van der Waals surface area contributed by atoms with Crippen molar-refractivity contribution in [1.82, 2.24) is 0 Å². The Morgan fingerprint density at radius 1 is 1.20 bits per heavy atom. The Hall–Kier alpha value is 0.350. The fourth-order valence-corrected chi connectivity index (χ4v) is 1.53. The Kier molecular flexibility index (Phi) is 27.4. The van der Waals surface area contributed by atoms with E-state index in [1.54, 1.807) is 0 Å². The average Bonchev–Trinajstić information content (AvgIpc) is 2.33. The van der Waals surface area contributed by atoms with Crippen LogP contribution in [0.3, 0.4) is 0 Å². The molecular formula is C12H20Br2Cl2O4. The van der Waals surface area contributed by atoms with Crippen LogP contribution in [0.5, 0.6) is 0 Å². The fourth-order valence-electron chi connectivity index (χ4n) is 0.637. The SMILES string of the molecule is CC(=O)Br.CC(=O)OC(Br)CCCCl.O=CCCCCl. The van der Waals surface area contributed by atoms with Gasteiger partial charge < -0.3 is 9.53 Å². The molecule has 0 aromatic carbocycles. The van der Waals surface area contributed by atoms with Gasteiger partial charge in [-0.05, 0) is 51.1 Å². The van der Waals surface area contributed by atoms with Gasteiger partial charge in [-0.3, -0.25) is 9.59 Å². The second-order valence-electron chi connectivity index (χ2n) is 3.32. The number of carbonyl (C=O) groups is 3. The molecule has 0 aromatic rings. The van der Waals surface area contributed by atoms with Gasteiger partial charge in [0.05, 0.1) is 0 Å². The maximum absolute atomic E-state index is 10.3. The molecule has 0 aliphatic rings. The average molecular weight is 459 g/mol. The molecule has 0 aliphatic carbocycles. The van der Waals surface area contributed by atoms with E-state index in [4.69, 9.17) is 27.9 Å². The number of esters is 1. The minimum Gasteiger partial charge on any atom is -0.451 e. The Labute approximate surface area is 147 Å². The molecule has 20 heavy (non-hydrogen) atoms. The molecule has 0 aliphatic heterocycles. The largest absolute Gasteiger partial charge is 0.451 e. The van der Waals surface area contributed by atoms with Crippen molar-refractivity contribution in [3.05, 3.63) is 0 Å². The third kappa shape index (κ3) is 42.9. The van der Waals surface area contributed by atoms with E-state index in [1.165, 1.54) is 13.8 Å². The van der Waals surface area contributed by atoms with Gasteiger partial charge >= 0.3 is 5.97 Å². The molecule has 0 bridgehead atoms. The van der Waals surface area contributed by atoms with Crippen LogP contribution in [0.4, 0.5) is 0 Å². The summed E-state index contributed by atoms with van der Waals surface area (Å²) in [6.45, 7) is 2.83. The van der Waals surface area contributed by atoms with Crippen molar-refractivity contribution in [1.29, 1.82) is 0 Å². The lowest BCUT2D eigenvalue weighted by Crippen LogP contribution is -2.08. The van der Waals surface area contributed by atoms with Crippen molar-refractivity contribution in [2.75, 3.05) is 11.8 Å². The second-order valence-corrected chi connectivity index (χ2v) is 6.21. The lowest BCUT2D eigenvalue weighted by Gasteiger charge is -2.07. The first-order chi connectivity index (χ1) is 9.31. The molecule has 0 amide bonds. The number of aldehydes is 1.